The van der Waals surface area contributed by atoms with Crippen LogP contribution in [0.25, 0.3) is 11.4 Å². The molecule has 0 atom stereocenters. The minimum atomic E-state index is -1.09. The summed E-state index contributed by atoms with van der Waals surface area (Å²) in [6, 6.07) is 5.46. The quantitative estimate of drug-likeness (QED) is 0.909. The Morgan fingerprint density at radius 1 is 1.35 bits per heavy atom. The van der Waals surface area contributed by atoms with Crippen molar-refractivity contribution in [3.8, 4) is 11.4 Å². The van der Waals surface area contributed by atoms with Crippen LogP contribution in [0.1, 0.15) is 29.4 Å². The van der Waals surface area contributed by atoms with Gasteiger partial charge in [-0.2, -0.15) is 0 Å². The molecule has 0 spiro atoms. The molecule has 1 saturated heterocycles. The summed E-state index contributed by atoms with van der Waals surface area (Å²) < 4.78 is 7.00. The molecule has 2 aromatic rings. The predicted molar refractivity (Wildman–Crippen MR) is 69.3 cm³/mol. The maximum absolute atomic E-state index is 11.3. The van der Waals surface area contributed by atoms with Crippen molar-refractivity contribution < 1.29 is 14.6 Å². The summed E-state index contributed by atoms with van der Waals surface area (Å²) in [6.07, 6.45) is 3.22. The lowest BCUT2D eigenvalue weighted by Gasteiger charge is -2.23. The fraction of sp³-hybridized carbons (Fsp3) is 0.385. The van der Waals surface area contributed by atoms with Crippen LogP contribution in [0.2, 0.25) is 0 Å². The Morgan fingerprint density at radius 3 is 2.80 bits per heavy atom. The largest absolute Gasteiger partial charge is 0.476 e. The normalized spacial score (nSPS) is 16.2. The zero-order chi connectivity index (χ0) is 13.9. The third-order valence-electron chi connectivity index (χ3n) is 3.34. The van der Waals surface area contributed by atoms with Gasteiger partial charge in [-0.1, -0.05) is 11.3 Å². The second-order valence-electron chi connectivity index (χ2n) is 4.59. The topological polar surface area (TPSA) is 90.1 Å². The molecule has 20 heavy (non-hydrogen) atoms. The van der Waals surface area contributed by atoms with E-state index in [1.807, 2.05) is 6.07 Å². The molecule has 0 bridgehead atoms. The van der Waals surface area contributed by atoms with Crippen molar-refractivity contribution in [3.63, 3.8) is 0 Å². The van der Waals surface area contributed by atoms with Crippen molar-refractivity contribution in [2.24, 2.45) is 0 Å². The van der Waals surface area contributed by atoms with E-state index in [2.05, 4.69) is 15.3 Å². The third kappa shape index (κ3) is 2.27. The summed E-state index contributed by atoms with van der Waals surface area (Å²) in [6.45, 7) is 1.29. The number of pyridine rings is 1. The van der Waals surface area contributed by atoms with Crippen LogP contribution in [0.5, 0.6) is 0 Å². The summed E-state index contributed by atoms with van der Waals surface area (Å²) in [5.74, 6) is -1.09. The van der Waals surface area contributed by atoms with Crippen molar-refractivity contribution in [1.82, 2.24) is 20.0 Å². The first-order valence-electron chi connectivity index (χ1n) is 6.45. The van der Waals surface area contributed by atoms with Gasteiger partial charge in [-0.3, -0.25) is 4.98 Å². The van der Waals surface area contributed by atoms with E-state index in [4.69, 9.17) is 4.74 Å². The zero-order valence-corrected chi connectivity index (χ0v) is 10.8. The van der Waals surface area contributed by atoms with E-state index in [0.29, 0.717) is 24.6 Å². The van der Waals surface area contributed by atoms with E-state index < -0.39 is 5.97 Å². The highest BCUT2D eigenvalue weighted by molar-refractivity contribution is 5.92. The Balaban J connectivity index is 2.08. The first-order chi connectivity index (χ1) is 9.77. The molecule has 1 aliphatic heterocycles. The first kappa shape index (κ1) is 12.7. The molecule has 7 nitrogen and oxygen atoms in total. The standard InChI is InChI=1S/C13H14N4O3/c18-13(19)11-12(10-3-1-2-6-14-10)17(16-15-11)9-4-7-20-8-5-9/h1-3,6,9H,4-5,7-8H2,(H,18,19). The SMILES string of the molecule is O=C(O)c1nnn(C2CCOCC2)c1-c1ccccn1. The van der Waals surface area contributed by atoms with E-state index >= 15 is 0 Å². The number of nitrogens with zero attached hydrogens (tertiary/aromatic N) is 4. The number of aromatic carboxylic acids is 1. The van der Waals surface area contributed by atoms with Gasteiger partial charge in [0.25, 0.3) is 0 Å². The number of aromatic nitrogens is 4. The van der Waals surface area contributed by atoms with Crippen LogP contribution in [-0.4, -0.2) is 44.3 Å². The summed E-state index contributed by atoms with van der Waals surface area (Å²) in [7, 11) is 0. The number of carboxylic acids is 1. The molecule has 0 saturated carbocycles. The molecule has 3 heterocycles. The molecule has 0 amide bonds. The van der Waals surface area contributed by atoms with Gasteiger partial charge in [0.05, 0.1) is 11.7 Å². The van der Waals surface area contributed by atoms with Gasteiger partial charge in [0.1, 0.15) is 5.69 Å². The highest BCUT2D eigenvalue weighted by atomic mass is 16.5. The Kier molecular flexibility index (Phi) is 3.42. The smallest absolute Gasteiger partial charge is 0.358 e. The van der Waals surface area contributed by atoms with Crippen LogP contribution in [0.4, 0.5) is 0 Å². The molecular formula is C13H14N4O3. The van der Waals surface area contributed by atoms with E-state index in [0.717, 1.165) is 12.8 Å². The predicted octanol–water partition coefficient (Wildman–Crippen LogP) is 1.39. The van der Waals surface area contributed by atoms with Gasteiger partial charge in [0.2, 0.25) is 0 Å². The fourth-order valence-corrected chi connectivity index (χ4v) is 2.36. The number of hydrogen-bond donors (Lipinski definition) is 1. The molecule has 7 heteroatoms. The van der Waals surface area contributed by atoms with Crippen molar-refractivity contribution in [3.05, 3.63) is 30.1 Å². The summed E-state index contributed by atoms with van der Waals surface area (Å²) in [4.78, 5) is 15.5. The van der Waals surface area contributed by atoms with Crippen LogP contribution in [0.15, 0.2) is 24.4 Å². The monoisotopic (exact) mass is 274 g/mol. The number of rotatable bonds is 3. The minimum Gasteiger partial charge on any atom is -0.476 e. The molecular weight excluding hydrogens is 260 g/mol. The Bertz CT molecular complexity index is 605. The summed E-state index contributed by atoms with van der Waals surface area (Å²) >= 11 is 0. The maximum Gasteiger partial charge on any atom is 0.358 e. The van der Waals surface area contributed by atoms with Crippen LogP contribution in [-0.2, 0) is 4.74 Å². The van der Waals surface area contributed by atoms with Crippen molar-refractivity contribution in [2.75, 3.05) is 13.2 Å². The van der Waals surface area contributed by atoms with Crippen molar-refractivity contribution in [1.29, 1.82) is 0 Å². The lowest BCUT2D eigenvalue weighted by atomic mass is 10.1. The van der Waals surface area contributed by atoms with E-state index in [1.54, 1.807) is 23.0 Å². The molecule has 1 fully saturated rings. The lowest BCUT2D eigenvalue weighted by molar-refractivity contribution is 0.0661. The summed E-state index contributed by atoms with van der Waals surface area (Å²) in [5, 5.41) is 17.1. The number of hydrogen-bond acceptors (Lipinski definition) is 5. The van der Waals surface area contributed by atoms with Gasteiger partial charge in [0.15, 0.2) is 5.69 Å². The van der Waals surface area contributed by atoms with Gasteiger partial charge in [-0.15, -0.1) is 5.10 Å². The molecule has 1 aliphatic rings. The van der Waals surface area contributed by atoms with Crippen molar-refractivity contribution in [2.45, 2.75) is 18.9 Å². The van der Waals surface area contributed by atoms with Crippen LogP contribution in [0.3, 0.4) is 0 Å². The molecule has 1 N–H and O–H groups in total. The van der Waals surface area contributed by atoms with Crippen LogP contribution < -0.4 is 0 Å². The molecule has 0 aliphatic carbocycles. The number of carbonyl (C=O) groups is 1. The van der Waals surface area contributed by atoms with E-state index in [1.165, 1.54) is 0 Å². The van der Waals surface area contributed by atoms with Gasteiger partial charge in [-0.05, 0) is 25.0 Å². The maximum atomic E-state index is 11.3. The number of carboxylic acid groups (broad SMARTS) is 1. The Morgan fingerprint density at radius 2 is 2.15 bits per heavy atom. The van der Waals surface area contributed by atoms with Gasteiger partial charge in [-0.25, -0.2) is 9.48 Å². The second kappa shape index (κ2) is 5.38. The molecule has 2 aromatic heterocycles. The van der Waals surface area contributed by atoms with Crippen LogP contribution in [0, 0.1) is 0 Å². The number of ether oxygens (including phenoxy) is 1. The average molecular weight is 274 g/mol. The second-order valence-corrected chi connectivity index (χ2v) is 4.59. The fourth-order valence-electron chi connectivity index (χ4n) is 2.36. The Hall–Kier alpha value is -2.28. The highest BCUT2D eigenvalue weighted by Crippen LogP contribution is 2.28. The van der Waals surface area contributed by atoms with Gasteiger partial charge >= 0.3 is 5.97 Å². The summed E-state index contributed by atoms with van der Waals surface area (Å²) in [5.41, 5.74) is 0.974. The molecule has 0 unspecified atom stereocenters. The molecule has 3 rings (SSSR count). The van der Waals surface area contributed by atoms with Gasteiger partial charge < -0.3 is 9.84 Å². The zero-order valence-electron chi connectivity index (χ0n) is 10.8. The molecule has 104 valence electrons. The third-order valence-corrected chi connectivity index (χ3v) is 3.34. The van der Waals surface area contributed by atoms with E-state index in [-0.39, 0.29) is 11.7 Å². The lowest BCUT2D eigenvalue weighted by Crippen LogP contribution is -2.21. The highest BCUT2D eigenvalue weighted by Gasteiger charge is 2.26. The molecule has 0 radical (unpaired) electrons. The average Bonchev–Trinajstić information content (AvgIpc) is 2.94. The van der Waals surface area contributed by atoms with Crippen molar-refractivity contribution >= 4 is 5.97 Å². The van der Waals surface area contributed by atoms with Crippen LogP contribution >= 0.6 is 0 Å². The first-order valence-corrected chi connectivity index (χ1v) is 6.45. The minimum absolute atomic E-state index is 0.0600. The Labute approximate surface area is 115 Å². The molecule has 0 aromatic carbocycles. The van der Waals surface area contributed by atoms with E-state index in [9.17, 15) is 9.90 Å². The van der Waals surface area contributed by atoms with Gasteiger partial charge in [0, 0.05) is 19.4 Å².